The predicted octanol–water partition coefficient (Wildman–Crippen LogP) is 2.55. The van der Waals surface area contributed by atoms with E-state index in [4.69, 9.17) is 10.00 Å². The van der Waals surface area contributed by atoms with Crippen molar-refractivity contribution < 1.29 is 4.74 Å². The summed E-state index contributed by atoms with van der Waals surface area (Å²) in [6.45, 7) is 0. The molecular formula is C11H12BrN3O. The highest BCUT2D eigenvalue weighted by Gasteiger charge is 2.11. The standard InChI is InChI=1S/C11H12BrN3O/c1-15(2)7-14-10-5-4-9(12)11(16-3)8(10)6-13/h4-5,7H,1-3H3. The fourth-order valence-corrected chi connectivity index (χ4v) is 1.63. The van der Waals surface area contributed by atoms with Crippen molar-refractivity contribution in [1.82, 2.24) is 4.90 Å². The molecule has 0 heterocycles. The van der Waals surface area contributed by atoms with Gasteiger partial charge in [-0.3, -0.25) is 0 Å². The fourth-order valence-electron chi connectivity index (χ4n) is 1.14. The van der Waals surface area contributed by atoms with E-state index in [1.807, 2.05) is 20.2 Å². The highest BCUT2D eigenvalue weighted by atomic mass is 79.9. The maximum Gasteiger partial charge on any atom is 0.153 e. The Morgan fingerprint density at radius 2 is 2.19 bits per heavy atom. The molecule has 0 radical (unpaired) electrons. The molecule has 0 aliphatic carbocycles. The zero-order valence-electron chi connectivity index (χ0n) is 9.36. The third kappa shape index (κ3) is 2.74. The number of aliphatic imine (C=N–C) groups is 1. The van der Waals surface area contributed by atoms with Crippen LogP contribution in [0.15, 0.2) is 21.6 Å². The molecule has 0 atom stereocenters. The number of nitrogens with zero attached hydrogens (tertiary/aromatic N) is 3. The Kier molecular flexibility index (Phi) is 4.32. The normalized spacial score (nSPS) is 10.2. The van der Waals surface area contributed by atoms with Gasteiger partial charge in [0.2, 0.25) is 0 Å². The Balaban J connectivity index is 3.26. The number of rotatable bonds is 3. The van der Waals surface area contributed by atoms with Crippen molar-refractivity contribution >= 4 is 28.0 Å². The van der Waals surface area contributed by atoms with E-state index in [0.29, 0.717) is 17.0 Å². The molecule has 5 heteroatoms. The van der Waals surface area contributed by atoms with Crippen LogP contribution < -0.4 is 4.74 Å². The van der Waals surface area contributed by atoms with Gasteiger partial charge < -0.3 is 9.64 Å². The van der Waals surface area contributed by atoms with Gasteiger partial charge in [-0.1, -0.05) is 0 Å². The fraction of sp³-hybridized carbons (Fsp3) is 0.273. The van der Waals surface area contributed by atoms with Crippen molar-refractivity contribution in [2.24, 2.45) is 4.99 Å². The minimum Gasteiger partial charge on any atom is -0.494 e. The van der Waals surface area contributed by atoms with Gasteiger partial charge in [-0.2, -0.15) is 5.26 Å². The monoisotopic (exact) mass is 281 g/mol. The lowest BCUT2D eigenvalue weighted by Crippen LogP contribution is -2.07. The highest BCUT2D eigenvalue weighted by Crippen LogP contribution is 2.34. The van der Waals surface area contributed by atoms with Gasteiger partial charge in [0.05, 0.1) is 23.6 Å². The summed E-state index contributed by atoms with van der Waals surface area (Å²) < 4.78 is 5.90. The molecule has 0 aliphatic rings. The number of ether oxygens (including phenoxy) is 1. The Labute approximate surface area is 103 Å². The minimum atomic E-state index is 0.426. The van der Waals surface area contributed by atoms with Crippen LogP contribution in [0, 0.1) is 11.3 Å². The van der Waals surface area contributed by atoms with E-state index in [-0.39, 0.29) is 0 Å². The van der Waals surface area contributed by atoms with Crippen LogP contribution in [-0.2, 0) is 0 Å². The van der Waals surface area contributed by atoms with Gasteiger partial charge in [0, 0.05) is 14.1 Å². The van der Waals surface area contributed by atoms with Gasteiger partial charge in [0.15, 0.2) is 5.75 Å². The van der Waals surface area contributed by atoms with E-state index in [2.05, 4.69) is 27.0 Å². The molecule has 0 spiro atoms. The van der Waals surface area contributed by atoms with Gasteiger partial charge >= 0.3 is 0 Å². The Morgan fingerprint density at radius 1 is 1.50 bits per heavy atom. The predicted molar refractivity (Wildman–Crippen MR) is 67.2 cm³/mol. The average Bonchev–Trinajstić information content (AvgIpc) is 2.26. The van der Waals surface area contributed by atoms with Crippen molar-refractivity contribution in [3.05, 3.63) is 22.2 Å². The van der Waals surface area contributed by atoms with Gasteiger partial charge in [-0.05, 0) is 28.1 Å². The zero-order chi connectivity index (χ0) is 12.1. The lowest BCUT2D eigenvalue weighted by Gasteiger charge is -2.08. The van der Waals surface area contributed by atoms with Crippen molar-refractivity contribution in [2.45, 2.75) is 0 Å². The van der Waals surface area contributed by atoms with Crippen LogP contribution >= 0.6 is 15.9 Å². The summed E-state index contributed by atoms with van der Waals surface area (Å²) in [5, 5.41) is 9.08. The summed E-state index contributed by atoms with van der Waals surface area (Å²) in [5.41, 5.74) is 1.02. The summed E-state index contributed by atoms with van der Waals surface area (Å²) in [7, 11) is 5.26. The molecule has 1 aromatic carbocycles. The average molecular weight is 282 g/mol. The highest BCUT2D eigenvalue weighted by molar-refractivity contribution is 9.10. The molecule has 0 N–H and O–H groups in total. The third-order valence-electron chi connectivity index (χ3n) is 1.83. The second-order valence-corrected chi connectivity index (χ2v) is 4.15. The van der Waals surface area contributed by atoms with Gasteiger partial charge in [-0.25, -0.2) is 4.99 Å². The molecule has 0 aromatic heterocycles. The SMILES string of the molecule is COc1c(Br)ccc(N=CN(C)C)c1C#N. The molecular weight excluding hydrogens is 270 g/mol. The van der Waals surface area contributed by atoms with E-state index >= 15 is 0 Å². The molecule has 16 heavy (non-hydrogen) atoms. The van der Waals surface area contributed by atoms with Crippen molar-refractivity contribution in [1.29, 1.82) is 5.26 Å². The summed E-state index contributed by atoms with van der Waals surface area (Å²) >= 11 is 3.32. The van der Waals surface area contributed by atoms with E-state index in [9.17, 15) is 0 Å². The van der Waals surface area contributed by atoms with Crippen LogP contribution in [0.5, 0.6) is 5.75 Å². The van der Waals surface area contributed by atoms with Gasteiger partial charge in [0.25, 0.3) is 0 Å². The Morgan fingerprint density at radius 3 is 2.69 bits per heavy atom. The molecule has 0 saturated carbocycles. The zero-order valence-corrected chi connectivity index (χ0v) is 10.9. The lowest BCUT2D eigenvalue weighted by atomic mass is 10.2. The van der Waals surface area contributed by atoms with Crippen LogP contribution in [0.25, 0.3) is 0 Å². The topological polar surface area (TPSA) is 48.6 Å². The maximum atomic E-state index is 9.08. The third-order valence-corrected chi connectivity index (χ3v) is 2.46. The molecule has 0 bridgehead atoms. The summed E-state index contributed by atoms with van der Waals surface area (Å²) in [6.07, 6.45) is 1.64. The van der Waals surface area contributed by atoms with Crippen LogP contribution in [-0.4, -0.2) is 32.4 Å². The van der Waals surface area contributed by atoms with Crippen LogP contribution in [0.2, 0.25) is 0 Å². The van der Waals surface area contributed by atoms with Crippen molar-refractivity contribution in [2.75, 3.05) is 21.2 Å². The van der Waals surface area contributed by atoms with E-state index in [0.717, 1.165) is 4.47 Å². The van der Waals surface area contributed by atoms with Crippen LogP contribution in [0.1, 0.15) is 5.56 Å². The largest absolute Gasteiger partial charge is 0.494 e. The number of benzene rings is 1. The Hall–Kier alpha value is -1.54. The van der Waals surface area contributed by atoms with Crippen LogP contribution in [0.3, 0.4) is 0 Å². The lowest BCUT2D eigenvalue weighted by molar-refractivity contribution is 0.411. The summed E-state index contributed by atoms with van der Waals surface area (Å²) in [5.74, 6) is 0.510. The number of halogens is 1. The maximum absolute atomic E-state index is 9.08. The summed E-state index contributed by atoms with van der Waals surface area (Å²) in [4.78, 5) is 6.01. The first kappa shape index (κ1) is 12.5. The number of hydrogen-bond donors (Lipinski definition) is 0. The van der Waals surface area contributed by atoms with Gasteiger partial charge in [-0.15, -0.1) is 0 Å². The molecule has 4 nitrogen and oxygen atoms in total. The number of hydrogen-bond acceptors (Lipinski definition) is 3. The van der Waals surface area contributed by atoms with E-state index < -0.39 is 0 Å². The Bertz CT molecular complexity index is 449. The quantitative estimate of drug-likeness (QED) is 0.632. The first-order chi connectivity index (χ1) is 7.60. The van der Waals surface area contributed by atoms with Crippen molar-refractivity contribution in [3.8, 4) is 11.8 Å². The van der Waals surface area contributed by atoms with E-state index in [1.165, 1.54) is 7.11 Å². The second-order valence-electron chi connectivity index (χ2n) is 3.29. The van der Waals surface area contributed by atoms with E-state index in [1.54, 1.807) is 17.3 Å². The molecule has 0 aliphatic heterocycles. The summed E-state index contributed by atoms with van der Waals surface area (Å²) in [6, 6.07) is 5.67. The molecule has 1 aromatic rings. The molecule has 0 saturated heterocycles. The first-order valence-corrected chi connectivity index (χ1v) is 5.36. The smallest absolute Gasteiger partial charge is 0.153 e. The number of nitriles is 1. The molecule has 1 rings (SSSR count). The minimum absolute atomic E-state index is 0.426. The molecule has 0 amide bonds. The second kappa shape index (κ2) is 5.52. The van der Waals surface area contributed by atoms with Gasteiger partial charge in [0.1, 0.15) is 11.6 Å². The first-order valence-electron chi connectivity index (χ1n) is 4.57. The molecule has 0 unspecified atom stereocenters. The van der Waals surface area contributed by atoms with Crippen molar-refractivity contribution in [3.63, 3.8) is 0 Å². The molecule has 0 fully saturated rings. The van der Waals surface area contributed by atoms with Crippen LogP contribution in [0.4, 0.5) is 5.69 Å². The number of methoxy groups -OCH3 is 1. The molecule has 84 valence electrons.